The van der Waals surface area contributed by atoms with E-state index in [1.807, 2.05) is 0 Å². The van der Waals surface area contributed by atoms with Crippen LogP contribution in [0.4, 0.5) is 5.69 Å². The van der Waals surface area contributed by atoms with Gasteiger partial charge in [0.05, 0.1) is 6.54 Å². The number of anilines is 1. The summed E-state index contributed by atoms with van der Waals surface area (Å²) in [6.07, 6.45) is 12.0. The fraction of sp³-hybridized carbons (Fsp3) is 0.333. The highest BCUT2D eigenvalue weighted by molar-refractivity contribution is 5.94. The largest absolute Gasteiger partial charge is 0.336 e. The molecule has 1 atom stereocenters. The lowest BCUT2D eigenvalue weighted by Gasteiger charge is -2.18. The van der Waals surface area contributed by atoms with Crippen molar-refractivity contribution < 1.29 is 9.59 Å². The van der Waals surface area contributed by atoms with Gasteiger partial charge in [0.15, 0.2) is 0 Å². The zero-order valence-electron chi connectivity index (χ0n) is 12.7. The molecule has 2 rings (SSSR count). The van der Waals surface area contributed by atoms with E-state index >= 15 is 0 Å². The van der Waals surface area contributed by atoms with Gasteiger partial charge in [0.25, 0.3) is 0 Å². The monoisotopic (exact) mass is 296 g/mol. The van der Waals surface area contributed by atoms with Gasteiger partial charge in [-0.25, -0.2) is 0 Å². The van der Waals surface area contributed by atoms with Crippen LogP contribution in [0.15, 0.2) is 36.4 Å². The number of nitrogens with one attached hydrogen (secondary N) is 1. The maximum absolute atomic E-state index is 12.1. The molecular weight excluding hydrogens is 276 g/mol. The number of amides is 2. The van der Waals surface area contributed by atoms with Crippen molar-refractivity contribution in [3.8, 4) is 12.3 Å². The van der Waals surface area contributed by atoms with Crippen LogP contribution in [0.5, 0.6) is 0 Å². The van der Waals surface area contributed by atoms with Gasteiger partial charge >= 0.3 is 0 Å². The number of carbonyl (C=O) groups excluding carboxylic acids is 2. The fourth-order valence-electron chi connectivity index (χ4n) is 2.44. The number of likely N-dealkylation sites (N-methyl/N-ethyl adjacent to an activating group) is 1. The van der Waals surface area contributed by atoms with Crippen molar-refractivity contribution in [1.82, 2.24) is 4.90 Å². The Labute approximate surface area is 131 Å². The minimum atomic E-state index is -0.230. The Kier molecular flexibility index (Phi) is 5.37. The first-order chi connectivity index (χ1) is 10.6. The molecule has 0 spiro atoms. The molecule has 22 heavy (non-hydrogen) atoms. The van der Waals surface area contributed by atoms with Crippen molar-refractivity contribution in [2.24, 2.45) is 5.92 Å². The molecule has 4 nitrogen and oxygen atoms in total. The van der Waals surface area contributed by atoms with Gasteiger partial charge in [0.2, 0.25) is 11.8 Å². The molecule has 0 heterocycles. The van der Waals surface area contributed by atoms with Crippen molar-refractivity contribution in [3.05, 3.63) is 42.0 Å². The topological polar surface area (TPSA) is 49.4 Å². The molecule has 2 amide bonds. The summed E-state index contributed by atoms with van der Waals surface area (Å²) in [6.45, 7) is 0.0373. The standard InChI is InChI=1S/C18H20N2O2/c1-3-14-9-6-10-16(11-14)19-17(21)13-20(2)18(22)12-15-7-4-5-8-15/h1,4,6-7,9-11,15H,5,8,12-13H2,2H3,(H,19,21)/t15-/m0/s1. The average Bonchev–Trinajstić information content (AvgIpc) is 3.00. The summed E-state index contributed by atoms with van der Waals surface area (Å²) in [5.74, 6) is 2.59. The summed E-state index contributed by atoms with van der Waals surface area (Å²) < 4.78 is 0. The van der Waals surface area contributed by atoms with Crippen LogP contribution in [-0.4, -0.2) is 30.3 Å². The van der Waals surface area contributed by atoms with Crippen LogP contribution < -0.4 is 5.32 Å². The summed E-state index contributed by atoms with van der Waals surface area (Å²) in [5.41, 5.74) is 1.34. The molecule has 1 aromatic carbocycles. The predicted octanol–water partition coefficient (Wildman–Crippen LogP) is 2.42. The smallest absolute Gasteiger partial charge is 0.243 e. The number of hydrogen-bond donors (Lipinski definition) is 1. The fourth-order valence-corrected chi connectivity index (χ4v) is 2.44. The predicted molar refractivity (Wildman–Crippen MR) is 87.1 cm³/mol. The quantitative estimate of drug-likeness (QED) is 0.670. The van der Waals surface area contributed by atoms with Gasteiger partial charge in [-0.15, -0.1) is 6.42 Å². The number of hydrogen-bond acceptors (Lipinski definition) is 2. The lowest BCUT2D eigenvalue weighted by atomic mass is 10.0. The maximum Gasteiger partial charge on any atom is 0.243 e. The Balaban J connectivity index is 1.83. The van der Waals surface area contributed by atoms with E-state index in [1.165, 1.54) is 4.90 Å². The van der Waals surface area contributed by atoms with Crippen LogP contribution in [0, 0.1) is 18.3 Å². The highest BCUT2D eigenvalue weighted by atomic mass is 16.2. The molecular formula is C18H20N2O2. The molecule has 0 saturated carbocycles. The minimum absolute atomic E-state index is 0.0101. The van der Waals surface area contributed by atoms with E-state index < -0.39 is 0 Å². The van der Waals surface area contributed by atoms with Crippen LogP contribution in [0.25, 0.3) is 0 Å². The number of allylic oxidation sites excluding steroid dienone is 2. The zero-order chi connectivity index (χ0) is 15.9. The minimum Gasteiger partial charge on any atom is -0.336 e. The molecule has 0 aromatic heterocycles. The van der Waals surface area contributed by atoms with Gasteiger partial charge in [-0.05, 0) is 37.0 Å². The molecule has 114 valence electrons. The number of terminal acetylenes is 1. The number of benzene rings is 1. The van der Waals surface area contributed by atoms with E-state index in [-0.39, 0.29) is 18.4 Å². The molecule has 4 heteroatoms. The Hall–Kier alpha value is -2.54. The van der Waals surface area contributed by atoms with E-state index in [0.29, 0.717) is 23.6 Å². The molecule has 0 aliphatic heterocycles. The van der Waals surface area contributed by atoms with Crippen molar-refractivity contribution in [2.45, 2.75) is 19.3 Å². The van der Waals surface area contributed by atoms with E-state index in [1.54, 1.807) is 31.3 Å². The van der Waals surface area contributed by atoms with Gasteiger partial charge in [-0.2, -0.15) is 0 Å². The first-order valence-corrected chi connectivity index (χ1v) is 7.35. The van der Waals surface area contributed by atoms with Gasteiger partial charge < -0.3 is 10.2 Å². The van der Waals surface area contributed by atoms with E-state index in [2.05, 4.69) is 23.4 Å². The SMILES string of the molecule is C#Cc1cccc(NC(=O)CN(C)C(=O)C[C@H]2C=CCC2)c1. The third kappa shape index (κ3) is 4.49. The van der Waals surface area contributed by atoms with Crippen molar-refractivity contribution >= 4 is 17.5 Å². The molecule has 1 N–H and O–H groups in total. The molecule has 0 radical (unpaired) electrons. The summed E-state index contributed by atoms with van der Waals surface area (Å²) in [7, 11) is 1.65. The first-order valence-electron chi connectivity index (χ1n) is 7.35. The van der Waals surface area contributed by atoms with Crippen LogP contribution in [-0.2, 0) is 9.59 Å². The zero-order valence-corrected chi connectivity index (χ0v) is 12.7. The number of nitrogens with zero attached hydrogens (tertiary/aromatic N) is 1. The number of rotatable bonds is 5. The highest BCUT2D eigenvalue weighted by Gasteiger charge is 2.18. The third-order valence-corrected chi connectivity index (χ3v) is 3.67. The lowest BCUT2D eigenvalue weighted by molar-refractivity contribution is -0.133. The van der Waals surface area contributed by atoms with E-state index in [4.69, 9.17) is 6.42 Å². The molecule has 1 aliphatic rings. The molecule has 0 fully saturated rings. The summed E-state index contributed by atoms with van der Waals surface area (Å²) in [5, 5.41) is 2.75. The van der Waals surface area contributed by atoms with E-state index in [0.717, 1.165) is 12.8 Å². The first kappa shape index (κ1) is 15.8. The normalized spacial score (nSPS) is 16.1. The maximum atomic E-state index is 12.1. The van der Waals surface area contributed by atoms with Gasteiger partial charge in [-0.3, -0.25) is 9.59 Å². The average molecular weight is 296 g/mol. The summed E-state index contributed by atoms with van der Waals surface area (Å²) >= 11 is 0. The Morgan fingerprint density at radius 1 is 1.45 bits per heavy atom. The van der Waals surface area contributed by atoms with Gasteiger partial charge in [-0.1, -0.05) is 24.1 Å². The van der Waals surface area contributed by atoms with Crippen LogP contribution in [0.1, 0.15) is 24.8 Å². The van der Waals surface area contributed by atoms with Crippen LogP contribution in [0.3, 0.4) is 0 Å². The third-order valence-electron chi connectivity index (χ3n) is 3.67. The molecule has 1 aliphatic carbocycles. The lowest BCUT2D eigenvalue weighted by Crippen LogP contribution is -2.35. The molecule has 0 saturated heterocycles. The number of carbonyl (C=O) groups is 2. The second kappa shape index (κ2) is 7.46. The van der Waals surface area contributed by atoms with Gasteiger partial charge in [0, 0.05) is 24.7 Å². The second-order valence-electron chi connectivity index (χ2n) is 5.49. The molecule has 1 aromatic rings. The molecule has 0 bridgehead atoms. The summed E-state index contributed by atoms with van der Waals surface area (Å²) in [6, 6.07) is 7.07. The van der Waals surface area contributed by atoms with Crippen molar-refractivity contribution in [3.63, 3.8) is 0 Å². The summed E-state index contributed by atoms with van der Waals surface area (Å²) in [4.78, 5) is 25.5. The van der Waals surface area contributed by atoms with E-state index in [9.17, 15) is 9.59 Å². The van der Waals surface area contributed by atoms with Crippen LogP contribution >= 0.6 is 0 Å². The Bertz CT molecular complexity index is 628. The second-order valence-corrected chi connectivity index (χ2v) is 5.49. The Morgan fingerprint density at radius 3 is 2.95 bits per heavy atom. The van der Waals surface area contributed by atoms with Crippen molar-refractivity contribution in [1.29, 1.82) is 0 Å². The Morgan fingerprint density at radius 2 is 2.27 bits per heavy atom. The van der Waals surface area contributed by atoms with Crippen LogP contribution in [0.2, 0.25) is 0 Å². The highest BCUT2D eigenvalue weighted by Crippen LogP contribution is 2.21. The van der Waals surface area contributed by atoms with Gasteiger partial charge in [0.1, 0.15) is 0 Å². The molecule has 0 unspecified atom stereocenters. The van der Waals surface area contributed by atoms with Crippen molar-refractivity contribution in [2.75, 3.05) is 18.9 Å².